The number of nitro benzene ring substituents is 1. The first-order valence-corrected chi connectivity index (χ1v) is 12.8. The molecule has 1 amide bonds. The Labute approximate surface area is 228 Å². The highest BCUT2D eigenvalue weighted by molar-refractivity contribution is 6.30. The number of ketones is 1. The zero-order chi connectivity index (χ0) is 27.7. The number of hydrogen-bond donors (Lipinski definition) is 2. The van der Waals surface area contributed by atoms with Crippen molar-refractivity contribution in [1.82, 2.24) is 0 Å². The molecule has 2 atom stereocenters. The normalized spacial score (nSPS) is 18.5. The number of carbonyl (C=O) groups excluding carboxylic acids is 2. The van der Waals surface area contributed by atoms with Gasteiger partial charge in [0.1, 0.15) is 0 Å². The summed E-state index contributed by atoms with van der Waals surface area (Å²) in [7, 11) is 0. The van der Waals surface area contributed by atoms with E-state index in [-0.39, 0.29) is 30.2 Å². The summed E-state index contributed by atoms with van der Waals surface area (Å²) in [5, 5.41) is 24.8. The maximum atomic E-state index is 13.9. The summed E-state index contributed by atoms with van der Waals surface area (Å²) in [4.78, 5) is 51.4. The standard InChI is InChI=1S/C29H24ClN3O6/c30-20-10-8-17(9-11-20)19-15-23-28(25(34)16-19)29(18-4-3-5-21(14-18)33(38)39)32(26(35)12-13-27(36)37)24-7-2-1-6-22(24)31-23/h1-11,14,19,29,31H,12-13,15-16H2,(H,36,37)/t19-,29+/m0/s1. The first kappa shape index (κ1) is 26.1. The number of nitrogens with zero attached hydrogens (tertiary/aromatic N) is 2. The number of carboxylic acid groups (broad SMARTS) is 1. The second-order valence-electron chi connectivity index (χ2n) is 9.53. The summed E-state index contributed by atoms with van der Waals surface area (Å²) in [5.74, 6) is -1.99. The molecule has 5 rings (SSSR count). The van der Waals surface area contributed by atoms with E-state index < -0.39 is 29.3 Å². The molecule has 2 N–H and O–H groups in total. The molecule has 3 aromatic carbocycles. The Hall–Kier alpha value is -4.50. The summed E-state index contributed by atoms with van der Waals surface area (Å²) < 4.78 is 0. The van der Waals surface area contributed by atoms with E-state index in [1.807, 2.05) is 12.1 Å². The maximum Gasteiger partial charge on any atom is 0.303 e. The van der Waals surface area contributed by atoms with Gasteiger partial charge in [-0.3, -0.25) is 29.4 Å². The lowest BCUT2D eigenvalue weighted by Gasteiger charge is -2.35. The van der Waals surface area contributed by atoms with Crippen molar-refractivity contribution in [3.63, 3.8) is 0 Å². The Morgan fingerprint density at radius 1 is 1.00 bits per heavy atom. The van der Waals surface area contributed by atoms with E-state index >= 15 is 0 Å². The second kappa shape index (κ2) is 10.7. The molecule has 0 unspecified atom stereocenters. The zero-order valence-electron chi connectivity index (χ0n) is 20.7. The summed E-state index contributed by atoms with van der Waals surface area (Å²) in [5.41, 5.74) is 3.13. The summed E-state index contributed by atoms with van der Waals surface area (Å²) >= 11 is 6.07. The first-order valence-electron chi connectivity index (χ1n) is 12.4. The number of carbonyl (C=O) groups is 3. The molecule has 0 radical (unpaired) electrons. The number of nitrogens with one attached hydrogen (secondary N) is 1. The molecule has 0 saturated heterocycles. The van der Waals surface area contributed by atoms with Crippen molar-refractivity contribution < 1.29 is 24.4 Å². The molecule has 0 fully saturated rings. The highest BCUT2D eigenvalue weighted by Gasteiger charge is 2.42. The van der Waals surface area contributed by atoms with Gasteiger partial charge in [-0.15, -0.1) is 0 Å². The highest BCUT2D eigenvalue weighted by atomic mass is 35.5. The van der Waals surface area contributed by atoms with E-state index in [9.17, 15) is 29.6 Å². The Morgan fingerprint density at radius 3 is 2.46 bits per heavy atom. The number of para-hydroxylation sites is 2. The lowest BCUT2D eigenvalue weighted by molar-refractivity contribution is -0.384. The summed E-state index contributed by atoms with van der Waals surface area (Å²) in [6.07, 6.45) is -0.0783. The number of anilines is 2. The lowest BCUT2D eigenvalue weighted by atomic mass is 9.78. The van der Waals surface area contributed by atoms with E-state index in [4.69, 9.17) is 11.6 Å². The molecule has 0 spiro atoms. The molecule has 1 heterocycles. The number of rotatable bonds is 6. The van der Waals surface area contributed by atoms with Crippen LogP contribution in [0.1, 0.15) is 48.8 Å². The molecule has 39 heavy (non-hydrogen) atoms. The Bertz CT molecular complexity index is 1520. The van der Waals surface area contributed by atoms with Crippen molar-refractivity contribution in [2.45, 2.75) is 37.6 Å². The fourth-order valence-corrected chi connectivity index (χ4v) is 5.42. The number of hydrogen-bond acceptors (Lipinski definition) is 6. The van der Waals surface area contributed by atoms with E-state index in [2.05, 4.69) is 5.32 Å². The number of carboxylic acids is 1. The van der Waals surface area contributed by atoms with Crippen LogP contribution in [0.5, 0.6) is 0 Å². The quantitative estimate of drug-likeness (QED) is 0.286. The van der Waals surface area contributed by atoms with Gasteiger partial charge < -0.3 is 10.4 Å². The third kappa shape index (κ3) is 5.26. The van der Waals surface area contributed by atoms with Gasteiger partial charge in [0.2, 0.25) is 5.91 Å². The van der Waals surface area contributed by atoms with Crippen LogP contribution in [0.4, 0.5) is 17.1 Å². The largest absolute Gasteiger partial charge is 0.481 e. The molecular weight excluding hydrogens is 522 g/mol. The zero-order valence-corrected chi connectivity index (χ0v) is 21.4. The Kier molecular flexibility index (Phi) is 7.17. The van der Waals surface area contributed by atoms with Crippen molar-refractivity contribution >= 4 is 46.3 Å². The third-order valence-corrected chi connectivity index (χ3v) is 7.30. The molecule has 0 bridgehead atoms. The minimum Gasteiger partial charge on any atom is -0.481 e. The van der Waals surface area contributed by atoms with Crippen LogP contribution in [0.2, 0.25) is 5.02 Å². The van der Waals surface area contributed by atoms with Crippen LogP contribution in [-0.4, -0.2) is 27.7 Å². The van der Waals surface area contributed by atoms with E-state index in [0.29, 0.717) is 39.7 Å². The van der Waals surface area contributed by atoms with Crippen LogP contribution in [0.25, 0.3) is 0 Å². The van der Waals surface area contributed by atoms with E-state index in [0.717, 1.165) is 5.56 Å². The topological polar surface area (TPSA) is 130 Å². The van der Waals surface area contributed by atoms with Gasteiger partial charge in [-0.2, -0.15) is 0 Å². The van der Waals surface area contributed by atoms with Crippen molar-refractivity contribution in [3.8, 4) is 0 Å². The van der Waals surface area contributed by atoms with Crippen molar-refractivity contribution in [2.24, 2.45) is 0 Å². The predicted molar refractivity (Wildman–Crippen MR) is 146 cm³/mol. The van der Waals surface area contributed by atoms with Gasteiger partial charge in [-0.1, -0.05) is 48.0 Å². The second-order valence-corrected chi connectivity index (χ2v) is 9.96. The average molecular weight is 546 g/mol. The third-order valence-electron chi connectivity index (χ3n) is 7.05. The van der Waals surface area contributed by atoms with Gasteiger partial charge in [0.25, 0.3) is 5.69 Å². The number of fused-ring (bicyclic) bond motifs is 1. The van der Waals surface area contributed by atoms with Gasteiger partial charge in [0.05, 0.1) is 28.8 Å². The van der Waals surface area contributed by atoms with Gasteiger partial charge in [0.15, 0.2) is 5.78 Å². The Morgan fingerprint density at radius 2 is 1.74 bits per heavy atom. The highest BCUT2D eigenvalue weighted by Crippen LogP contribution is 2.48. The smallest absolute Gasteiger partial charge is 0.303 e. The fraction of sp³-hybridized carbons (Fsp3) is 0.207. The van der Waals surface area contributed by atoms with Crippen LogP contribution >= 0.6 is 11.6 Å². The summed E-state index contributed by atoms with van der Waals surface area (Å²) in [6, 6.07) is 19.2. The number of non-ortho nitro benzene ring substituents is 1. The number of amides is 1. The van der Waals surface area contributed by atoms with Crippen molar-refractivity contribution in [1.29, 1.82) is 0 Å². The molecule has 1 aliphatic heterocycles. The van der Waals surface area contributed by atoms with Gasteiger partial charge in [-0.05, 0) is 47.7 Å². The molecular formula is C29H24ClN3O6. The molecule has 2 aliphatic rings. The number of halogens is 1. The van der Waals surface area contributed by atoms with Crippen LogP contribution in [-0.2, 0) is 14.4 Å². The minimum absolute atomic E-state index is 0.145. The number of benzene rings is 3. The van der Waals surface area contributed by atoms with Crippen molar-refractivity contribution in [3.05, 3.63) is 110 Å². The van der Waals surface area contributed by atoms with Crippen LogP contribution in [0.3, 0.4) is 0 Å². The van der Waals surface area contributed by atoms with E-state index in [1.54, 1.807) is 42.5 Å². The van der Waals surface area contributed by atoms with Crippen LogP contribution in [0, 0.1) is 10.1 Å². The molecule has 3 aromatic rings. The number of aliphatic carboxylic acids is 1. The molecule has 198 valence electrons. The van der Waals surface area contributed by atoms with Gasteiger partial charge >= 0.3 is 5.97 Å². The molecule has 10 heteroatoms. The first-order chi connectivity index (χ1) is 18.7. The predicted octanol–water partition coefficient (Wildman–Crippen LogP) is 6.01. The SMILES string of the molecule is O=C(O)CCC(=O)N1c2ccccc2NC2=C(C(=O)C[C@@H](c3ccc(Cl)cc3)C2)[C@H]1c1cccc([N+](=O)[O-])c1. The maximum absolute atomic E-state index is 13.9. The molecule has 0 aromatic heterocycles. The molecule has 9 nitrogen and oxygen atoms in total. The monoisotopic (exact) mass is 545 g/mol. The van der Waals surface area contributed by atoms with Gasteiger partial charge in [0, 0.05) is 41.3 Å². The number of Topliss-reactive ketones (excluding diaryl/α,β-unsaturated/α-hetero) is 1. The van der Waals surface area contributed by atoms with E-state index in [1.165, 1.54) is 23.1 Å². The van der Waals surface area contributed by atoms with Crippen molar-refractivity contribution in [2.75, 3.05) is 10.2 Å². The number of nitro groups is 1. The van der Waals surface area contributed by atoms with Crippen LogP contribution in [0.15, 0.2) is 84.1 Å². The lowest BCUT2D eigenvalue weighted by Crippen LogP contribution is -2.38. The number of allylic oxidation sites excluding steroid dienone is 1. The minimum atomic E-state index is -1.13. The van der Waals surface area contributed by atoms with Crippen LogP contribution < -0.4 is 10.2 Å². The fourth-order valence-electron chi connectivity index (χ4n) is 5.29. The molecule has 1 aliphatic carbocycles. The Balaban J connectivity index is 1.70. The summed E-state index contributed by atoms with van der Waals surface area (Å²) in [6.45, 7) is 0. The molecule has 0 saturated carbocycles. The van der Waals surface area contributed by atoms with Gasteiger partial charge in [-0.25, -0.2) is 0 Å². The average Bonchev–Trinajstić information content (AvgIpc) is 3.07.